The summed E-state index contributed by atoms with van der Waals surface area (Å²) in [6.07, 6.45) is 0.0734. The van der Waals surface area contributed by atoms with Gasteiger partial charge in [0.2, 0.25) is 11.8 Å². The van der Waals surface area contributed by atoms with Crippen molar-refractivity contribution in [3.05, 3.63) is 71.8 Å². The largest absolute Gasteiger partial charge is 0.378 e. The van der Waals surface area contributed by atoms with Gasteiger partial charge in [0.15, 0.2) is 5.17 Å². The fraction of sp³-hybridized carbons (Fsp3) is 0.0952. The smallest absolute Gasteiger partial charge is 0.247 e. The lowest BCUT2D eigenvalue weighted by Gasteiger charge is -2.15. The number of halogens is 1. The van der Waals surface area contributed by atoms with Crippen LogP contribution >= 0.6 is 23.4 Å². The molecule has 1 unspecified atom stereocenters. The van der Waals surface area contributed by atoms with Crippen LogP contribution in [0.2, 0.25) is 5.02 Å². The van der Waals surface area contributed by atoms with Crippen LogP contribution in [0.4, 0.5) is 11.4 Å². The van der Waals surface area contributed by atoms with E-state index in [-0.39, 0.29) is 23.4 Å². The van der Waals surface area contributed by atoms with E-state index in [2.05, 4.69) is 4.99 Å². The number of imide groups is 1. The van der Waals surface area contributed by atoms with Crippen molar-refractivity contribution in [2.24, 2.45) is 10.7 Å². The van der Waals surface area contributed by atoms with Gasteiger partial charge in [-0.2, -0.15) is 0 Å². The fourth-order valence-electron chi connectivity index (χ4n) is 3.13. The third kappa shape index (κ3) is 3.74. The molecule has 3 aromatic carbocycles. The summed E-state index contributed by atoms with van der Waals surface area (Å²) in [5.74, 6) is -0.586. The lowest BCUT2D eigenvalue weighted by Crippen LogP contribution is -2.31. The number of hydrogen-bond acceptors (Lipinski definition) is 4. The number of benzene rings is 3. The molecular weight excluding hydrogens is 394 g/mol. The molecule has 7 heteroatoms. The molecule has 1 aliphatic heterocycles. The number of thioether (sulfide) groups is 1. The van der Waals surface area contributed by atoms with Crippen molar-refractivity contribution in [2.45, 2.75) is 11.7 Å². The second-order valence-electron chi connectivity index (χ2n) is 6.34. The number of fused-ring (bicyclic) bond motifs is 1. The third-order valence-corrected chi connectivity index (χ3v) is 5.63. The first-order valence-corrected chi connectivity index (χ1v) is 9.89. The molecule has 5 nitrogen and oxygen atoms in total. The van der Waals surface area contributed by atoms with E-state index in [4.69, 9.17) is 17.3 Å². The van der Waals surface area contributed by atoms with Crippen LogP contribution < -0.4 is 10.6 Å². The van der Waals surface area contributed by atoms with Gasteiger partial charge < -0.3 is 5.73 Å². The zero-order valence-electron chi connectivity index (χ0n) is 14.7. The number of hydrogen-bond donors (Lipinski definition) is 1. The van der Waals surface area contributed by atoms with Crippen LogP contribution in [0.15, 0.2) is 71.7 Å². The van der Waals surface area contributed by atoms with Crippen LogP contribution in [0.3, 0.4) is 0 Å². The highest BCUT2D eigenvalue weighted by Crippen LogP contribution is 2.31. The number of carbonyl (C=O) groups excluding carboxylic acids is 2. The summed E-state index contributed by atoms with van der Waals surface area (Å²) in [4.78, 5) is 30.6. The standard InChI is InChI=1S/C21H16ClN3O2S/c22-15-6-3-7-17(11-15)25-19(26)12-18(20(25)27)28-21(23)24-16-9-8-13-4-1-2-5-14(13)10-16/h1-11,18H,12H2,(H2,23,24). The number of anilines is 1. The molecule has 1 fully saturated rings. The quantitative estimate of drug-likeness (QED) is 0.392. The Hall–Kier alpha value is -2.83. The van der Waals surface area contributed by atoms with Crippen LogP contribution in [0.5, 0.6) is 0 Å². The van der Waals surface area contributed by atoms with E-state index < -0.39 is 5.25 Å². The van der Waals surface area contributed by atoms with E-state index in [1.807, 2.05) is 42.5 Å². The van der Waals surface area contributed by atoms with Crippen molar-refractivity contribution in [1.29, 1.82) is 0 Å². The second-order valence-corrected chi connectivity index (χ2v) is 8.00. The topological polar surface area (TPSA) is 75.8 Å². The number of aliphatic imine (C=N–C) groups is 1. The zero-order chi connectivity index (χ0) is 19.7. The Morgan fingerprint density at radius 2 is 1.82 bits per heavy atom. The summed E-state index contributed by atoms with van der Waals surface area (Å²) in [6, 6.07) is 20.4. The molecule has 0 bridgehead atoms. The van der Waals surface area contributed by atoms with Crippen LogP contribution in [0.1, 0.15) is 6.42 Å². The fourth-order valence-corrected chi connectivity index (χ4v) is 4.19. The first kappa shape index (κ1) is 18.5. The summed E-state index contributed by atoms with van der Waals surface area (Å²) in [6.45, 7) is 0. The number of nitrogens with zero attached hydrogens (tertiary/aromatic N) is 2. The average Bonchev–Trinajstić information content (AvgIpc) is 2.94. The average molecular weight is 410 g/mol. The summed E-state index contributed by atoms with van der Waals surface area (Å²) >= 11 is 7.08. The van der Waals surface area contributed by atoms with Gasteiger partial charge in [-0.15, -0.1) is 0 Å². The van der Waals surface area contributed by atoms with E-state index in [0.717, 1.165) is 27.4 Å². The van der Waals surface area contributed by atoms with E-state index in [1.54, 1.807) is 24.3 Å². The molecule has 1 aliphatic rings. The Labute approximate surface area is 171 Å². The van der Waals surface area contributed by atoms with Gasteiger partial charge >= 0.3 is 0 Å². The van der Waals surface area contributed by atoms with Crippen molar-refractivity contribution >= 4 is 62.5 Å². The number of nitrogens with two attached hydrogens (primary N) is 1. The van der Waals surface area contributed by atoms with Crippen molar-refractivity contribution in [2.75, 3.05) is 4.90 Å². The summed E-state index contributed by atoms with van der Waals surface area (Å²) in [5, 5.41) is 2.28. The van der Waals surface area contributed by atoms with Crippen molar-refractivity contribution < 1.29 is 9.59 Å². The predicted molar refractivity (Wildman–Crippen MR) is 115 cm³/mol. The SMILES string of the molecule is NC(=Nc1ccc2ccccc2c1)SC1CC(=O)N(c2cccc(Cl)c2)C1=O. The van der Waals surface area contributed by atoms with Gasteiger partial charge in [0.25, 0.3) is 0 Å². The molecule has 1 atom stereocenters. The minimum atomic E-state index is -0.601. The van der Waals surface area contributed by atoms with E-state index >= 15 is 0 Å². The molecule has 0 aromatic heterocycles. The third-order valence-electron chi connectivity index (χ3n) is 4.41. The Morgan fingerprint density at radius 3 is 2.61 bits per heavy atom. The lowest BCUT2D eigenvalue weighted by molar-refractivity contribution is -0.121. The lowest BCUT2D eigenvalue weighted by atomic mass is 10.1. The molecule has 28 heavy (non-hydrogen) atoms. The predicted octanol–water partition coefficient (Wildman–Crippen LogP) is 4.50. The maximum Gasteiger partial charge on any atom is 0.247 e. The molecule has 3 aromatic rings. The Balaban J connectivity index is 1.52. The maximum atomic E-state index is 12.7. The van der Waals surface area contributed by atoms with Crippen LogP contribution in [-0.2, 0) is 9.59 Å². The normalized spacial score (nSPS) is 17.5. The molecule has 2 amide bonds. The van der Waals surface area contributed by atoms with E-state index in [9.17, 15) is 9.59 Å². The molecule has 0 aliphatic carbocycles. The number of amides is 2. The summed E-state index contributed by atoms with van der Waals surface area (Å²) < 4.78 is 0. The highest BCUT2D eigenvalue weighted by molar-refractivity contribution is 8.15. The molecule has 1 saturated heterocycles. The Bertz CT molecular complexity index is 1120. The molecule has 0 radical (unpaired) electrons. The highest BCUT2D eigenvalue weighted by Gasteiger charge is 2.40. The van der Waals surface area contributed by atoms with Gasteiger partial charge in [-0.1, -0.05) is 59.8 Å². The molecular formula is C21H16ClN3O2S. The van der Waals surface area contributed by atoms with Gasteiger partial charge in [-0.25, -0.2) is 9.89 Å². The van der Waals surface area contributed by atoms with Crippen LogP contribution in [0, 0.1) is 0 Å². The summed E-state index contributed by atoms with van der Waals surface area (Å²) in [5.41, 5.74) is 7.22. The molecule has 4 rings (SSSR count). The molecule has 0 saturated carbocycles. The summed E-state index contributed by atoms with van der Waals surface area (Å²) in [7, 11) is 0. The first-order valence-electron chi connectivity index (χ1n) is 8.63. The van der Waals surface area contributed by atoms with Crippen LogP contribution in [-0.4, -0.2) is 22.2 Å². The molecule has 2 N–H and O–H groups in total. The minimum Gasteiger partial charge on any atom is -0.378 e. The molecule has 0 spiro atoms. The van der Waals surface area contributed by atoms with Crippen molar-refractivity contribution in [3.8, 4) is 0 Å². The van der Waals surface area contributed by atoms with Crippen molar-refractivity contribution in [3.63, 3.8) is 0 Å². The minimum absolute atomic E-state index is 0.0734. The highest BCUT2D eigenvalue weighted by atomic mass is 35.5. The zero-order valence-corrected chi connectivity index (χ0v) is 16.3. The van der Waals surface area contributed by atoms with Gasteiger partial charge in [0, 0.05) is 11.4 Å². The number of amidine groups is 1. The van der Waals surface area contributed by atoms with E-state index in [1.165, 1.54) is 0 Å². The molecule has 1 heterocycles. The van der Waals surface area contributed by atoms with Gasteiger partial charge in [0.1, 0.15) is 5.25 Å². The van der Waals surface area contributed by atoms with Gasteiger partial charge in [-0.05, 0) is 41.1 Å². The Morgan fingerprint density at radius 1 is 1.04 bits per heavy atom. The van der Waals surface area contributed by atoms with Gasteiger partial charge in [-0.3, -0.25) is 9.59 Å². The van der Waals surface area contributed by atoms with Gasteiger partial charge in [0.05, 0.1) is 11.4 Å². The first-order chi connectivity index (χ1) is 13.5. The second kappa shape index (κ2) is 7.66. The monoisotopic (exact) mass is 409 g/mol. The number of rotatable bonds is 3. The Kier molecular flexibility index (Phi) is 5.07. The molecule has 140 valence electrons. The maximum absolute atomic E-state index is 12.7. The van der Waals surface area contributed by atoms with Crippen LogP contribution in [0.25, 0.3) is 10.8 Å². The van der Waals surface area contributed by atoms with E-state index in [0.29, 0.717) is 16.4 Å². The number of carbonyl (C=O) groups is 2. The van der Waals surface area contributed by atoms with Crippen molar-refractivity contribution in [1.82, 2.24) is 0 Å².